The zero-order chi connectivity index (χ0) is 66.0. The molecule has 24 rings (SSSR count). The summed E-state index contributed by atoms with van der Waals surface area (Å²) in [5.74, 6) is 0. The third-order valence-corrected chi connectivity index (χ3v) is 37.8. The van der Waals surface area contributed by atoms with Crippen LogP contribution in [0.2, 0.25) is 0 Å². The van der Waals surface area contributed by atoms with Gasteiger partial charge in [-0.15, -0.1) is 170 Å². The summed E-state index contributed by atoms with van der Waals surface area (Å²) in [5.41, 5.74) is 15.8. The highest BCUT2D eigenvalue weighted by Gasteiger charge is 2.27. The van der Waals surface area contributed by atoms with E-state index < -0.39 is 0 Å². The summed E-state index contributed by atoms with van der Waals surface area (Å²) < 4.78 is 42.0. The molecule has 0 fully saturated rings. The summed E-state index contributed by atoms with van der Waals surface area (Å²) in [6.45, 7) is 19.8. The van der Waals surface area contributed by atoms with E-state index in [9.17, 15) is 0 Å². The number of nitrogens with zero attached hydrogens (tertiary/aromatic N) is 3. The molecule has 3 nitrogen and oxygen atoms in total. The molecule has 0 bridgehead atoms. The van der Waals surface area contributed by atoms with Gasteiger partial charge in [0, 0.05) is 121 Å². The van der Waals surface area contributed by atoms with E-state index in [2.05, 4.69) is 222 Å². The summed E-state index contributed by atoms with van der Waals surface area (Å²) in [6.07, 6.45) is 0. The van der Waals surface area contributed by atoms with Crippen molar-refractivity contribution in [3.63, 3.8) is 0 Å². The van der Waals surface area contributed by atoms with Gasteiger partial charge in [-0.25, -0.2) is 0 Å². The Morgan fingerprint density at radius 3 is 0.869 bits per heavy atom. The molecule has 6 aromatic carbocycles. The maximum Gasteiger partial charge on any atom is 0.0828 e. The minimum atomic E-state index is 1.25. The van der Waals surface area contributed by atoms with Gasteiger partial charge in [-0.05, 0) is 172 Å². The third-order valence-electron chi connectivity index (χ3n) is 19.4. The largest absolute Gasteiger partial charge is 0.307 e. The molecule has 0 radical (unpaired) electrons. The van der Waals surface area contributed by atoms with Crippen LogP contribution in [0.4, 0.5) is 0 Å². The molecule has 0 saturated heterocycles. The third kappa shape index (κ3) is 8.83. The highest BCUT2D eigenvalue weighted by Crippen LogP contribution is 2.56. The van der Waals surface area contributed by atoms with Crippen molar-refractivity contribution in [1.29, 1.82) is 0 Å². The van der Waals surface area contributed by atoms with Crippen LogP contribution in [-0.2, 0) is 0 Å². The molecule has 0 amide bonds. The Kier molecular flexibility index (Phi) is 13.1. The molecule has 0 saturated carbocycles. The van der Waals surface area contributed by atoms with Gasteiger partial charge < -0.3 is 13.7 Å². The highest BCUT2D eigenvalue weighted by molar-refractivity contribution is 7.43. The maximum atomic E-state index is 2.52. The quantitative estimate of drug-likeness (QED) is 0.167. The van der Waals surface area contributed by atoms with Gasteiger partial charge in [0.25, 0.3) is 0 Å². The Morgan fingerprint density at radius 1 is 0.182 bits per heavy atom. The lowest BCUT2D eigenvalue weighted by Gasteiger charge is -2.08. The van der Waals surface area contributed by atoms with E-state index in [0.29, 0.717) is 0 Å². The Labute approximate surface area is 625 Å². The van der Waals surface area contributed by atoms with E-state index in [4.69, 9.17) is 0 Å². The van der Waals surface area contributed by atoms with Crippen molar-refractivity contribution < 1.29 is 0 Å². The van der Waals surface area contributed by atoms with Crippen molar-refractivity contribution in [2.24, 2.45) is 0 Å². The molecule has 0 unspecified atom stereocenters. The van der Waals surface area contributed by atoms with Crippen molar-refractivity contribution in [2.75, 3.05) is 0 Å². The molecule has 0 aliphatic heterocycles. The predicted molar refractivity (Wildman–Crippen MR) is 463 cm³/mol. The molecule has 480 valence electrons. The second kappa shape index (κ2) is 21.7. The topological polar surface area (TPSA) is 14.8 Å². The molecular formula is C81H51N3S15. The predicted octanol–water partition coefficient (Wildman–Crippen LogP) is 31.9. The van der Waals surface area contributed by atoms with E-state index in [0.717, 1.165) is 0 Å². The SMILES string of the molecule is Cc1ccc(-n2c3cc(C)sc3c3sc4cc5c(cc4c32)sc2c3sc(C)cc3sc52)cc1.Cc1ccc(-n2c3cc4c(cc3c3sc5cc(C)sc5c32)sc2c3sc(C)cc3sc42)cc1.Cc1ccc(-n2c3cc4c(cc3c3sc5cc(C)sc5c32)sc2c3sc(C)cc3sc42)cc1. The number of benzene rings is 6. The number of aromatic nitrogens is 3. The Morgan fingerprint density at radius 2 is 0.465 bits per heavy atom. The monoisotopic (exact) mass is 1540 g/mol. The lowest BCUT2D eigenvalue weighted by atomic mass is 10.2. The Bertz CT molecular complexity index is 7250. The normalized spacial score (nSPS) is 12.7. The van der Waals surface area contributed by atoms with E-state index >= 15 is 0 Å². The fraction of sp³-hybridized carbons (Fsp3) is 0.111. The van der Waals surface area contributed by atoms with Crippen molar-refractivity contribution in [3.05, 3.63) is 192 Å². The van der Waals surface area contributed by atoms with Crippen LogP contribution in [0.3, 0.4) is 0 Å². The Hall–Kier alpha value is -6.66. The van der Waals surface area contributed by atoms with Gasteiger partial charge in [-0.2, -0.15) is 0 Å². The Balaban J connectivity index is 0.0000000949. The molecule has 0 aliphatic rings. The average Bonchev–Trinajstić information content (AvgIpc) is 1.55. The highest BCUT2D eigenvalue weighted by atomic mass is 32.2. The maximum absolute atomic E-state index is 2.52. The van der Waals surface area contributed by atoms with Crippen molar-refractivity contribution in [3.8, 4) is 17.1 Å². The van der Waals surface area contributed by atoms with Crippen molar-refractivity contribution >= 4 is 348 Å². The molecule has 0 aliphatic carbocycles. The van der Waals surface area contributed by atoms with Gasteiger partial charge in [0.2, 0.25) is 0 Å². The summed E-state index contributed by atoms with van der Waals surface area (Å²) in [7, 11) is 0. The first-order valence-electron chi connectivity index (χ1n) is 32.5. The summed E-state index contributed by atoms with van der Waals surface area (Å²) in [5, 5.41) is 8.40. The number of aryl methyl sites for hydroxylation is 9. The number of hydrogen-bond acceptors (Lipinski definition) is 15. The second-order valence-electron chi connectivity index (χ2n) is 26.3. The first-order valence-corrected chi connectivity index (χ1v) is 44.8. The van der Waals surface area contributed by atoms with E-state index in [1.165, 1.54) is 241 Å². The second-order valence-corrected chi connectivity index (χ2v) is 43.3. The minimum absolute atomic E-state index is 1.25. The molecular weight excluding hydrogens is 1500 g/mol. The molecule has 0 atom stereocenters. The van der Waals surface area contributed by atoms with Gasteiger partial charge in [-0.3, -0.25) is 0 Å². The first kappa shape index (κ1) is 60.0. The molecule has 0 spiro atoms. The lowest BCUT2D eigenvalue weighted by Crippen LogP contribution is -1.93. The molecule has 18 aromatic heterocycles. The number of thiophene rings is 15. The van der Waals surface area contributed by atoms with Crippen LogP contribution in [0, 0.1) is 62.3 Å². The van der Waals surface area contributed by atoms with Crippen LogP contribution in [0.15, 0.2) is 146 Å². The van der Waals surface area contributed by atoms with Crippen LogP contribution >= 0.6 is 170 Å². The van der Waals surface area contributed by atoms with Crippen LogP contribution < -0.4 is 0 Å². The minimum Gasteiger partial charge on any atom is -0.307 e. The van der Waals surface area contributed by atoms with Crippen molar-refractivity contribution in [2.45, 2.75) is 62.3 Å². The fourth-order valence-electron chi connectivity index (χ4n) is 15.1. The number of rotatable bonds is 3. The number of fused-ring (bicyclic) bond motifs is 30. The lowest BCUT2D eigenvalue weighted by molar-refractivity contribution is 1.18. The first-order chi connectivity index (χ1) is 48.1. The average molecular weight is 1550 g/mol. The number of hydrogen-bond donors (Lipinski definition) is 0. The standard InChI is InChI=1S/3C27H17NS5/c2*1-12-4-6-15(7-5-12)28-18-10-17-19(31-27-24(17)33-21-9-14(3)30-26(21)27)11-16(18)23-22(28)25-20(32-23)8-13(2)29-25;1-12-4-6-15(7-5-12)28-18-8-13(2)29-24(18)26-22(28)16-10-20-17(11-19(16)31-26)23-27(32-20)25-21(33-23)9-14(3)30-25/h3*4-11H,1-3H3. The van der Waals surface area contributed by atoms with Crippen LogP contribution in [0.25, 0.3) is 195 Å². The van der Waals surface area contributed by atoms with Gasteiger partial charge in [-0.1, -0.05) is 53.1 Å². The van der Waals surface area contributed by atoms with E-state index in [1.807, 2.05) is 170 Å². The van der Waals surface area contributed by atoms with E-state index in [1.54, 1.807) is 0 Å². The van der Waals surface area contributed by atoms with Crippen LogP contribution in [-0.4, -0.2) is 13.7 Å². The smallest absolute Gasteiger partial charge is 0.0828 e. The van der Waals surface area contributed by atoms with Gasteiger partial charge >= 0.3 is 0 Å². The summed E-state index contributed by atoms with van der Waals surface area (Å²) in [6, 6.07) is 55.9. The zero-order valence-electron chi connectivity index (χ0n) is 54.3. The zero-order valence-corrected chi connectivity index (χ0v) is 66.6. The van der Waals surface area contributed by atoms with Gasteiger partial charge in [0.1, 0.15) is 0 Å². The molecule has 18 heterocycles. The summed E-state index contributed by atoms with van der Waals surface area (Å²) >= 11 is 29.3. The van der Waals surface area contributed by atoms with Gasteiger partial charge in [0.15, 0.2) is 0 Å². The van der Waals surface area contributed by atoms with Crippen LogP contribution in [0.5, 0.6) is 0 Å². The molecule has 24 aromatic rings. The summed E-state index contributed by atoms with van der Waals surface area (Å²) in [4.78, 5) is 8.36. The molecule has 18 heteroatoms. The van der Waals surface area contributed by atoms with Gasteiger partial charge in [0.05, 0.1) is 104 Å². The molecule has 0 N–H and O–H groups in total. The van der Waals surface area contributed by atoms with E-state index in [-0.39, 0.29) is 0 Å². The fourth-order valence-corrected chi connectivity index (χ4v) is 34.7. The molecule has 99 heavy (non-hydrogen) atoms. The van der Waals surface area contributed by atoms with Crippen molar-refractivity contribution in [1.82, 2.24) is 13.7 Å². The van der Waals surface area contributed by atoms with Crippen LogP contribution in [0.1, 0.15) is 46.0 Å².